The Morgan fingerprint density at radius 1 is 0.232 bits per heavy atom. The summed E-state index contributed by atoms with van der Waals surface area (Å²) in [6.07, 6.45) is 0. The molecule has 30 rings (SSSR count). The van der Waals surface area contributed by atoms with E-state index in [0.717, 1.165) is 94.8 Å². The van der Waals surface area contributed by atoms with E-state index in [1.54, 1.807) is 0 Å². The number of H-pyrrole nitrogens is 1. The molecule has 656 valence electrons. The van der Waals surface area contributed by atoms with Crippen LogP contribution in [0.1, 0.15) is 102 Å². The molecule has 9 heteroatoms. The van der Waals surface area contributed by atoms with Gasteiger partial charge in [0.1, 0.15) is 23.0 Å². The molecule has 20 aromatic carbocycles. The zero-order valence-electron chi connectivity index (χ0n) is 75.7. The molecular formula is C129H91BrN6O2. The fourth-order valence-electron chi connectivity index (χ4n) is 24.8. The molecular weight excluding hydrogens is 1750 g/mol. The monoisotopic (exact) mass is 1830 g/mol. The molecule has 2 unspecified atom stereocenters. The van der Waals surface area contributed by atoms with Gasteiger partial charge in [0.15, 0.2) is 0 Å². The zero-order valence-corrected chi connectivity index (χ0v) is 77.2. The van der Waals surface area contributed by atoms with Crippen LogP contribution in [0.3, 0.4) is 0 Å². The topological polar surface area (TPSA) is 55.5 Å². The highest BCUT2D eigenvalue weighted by molar-refractivity contribution is 9.10. The molecule has 0 radical (unpaired) electrons. The number of nitrogens with one attached hydrogen (secondary N) is 1. The van der Waals surface area contributed by atoms with Crippen molar-refractivity contribution in [2.75, 3.05) is 9.80 Å². The number of para-hydroxylation sites is 12. The first-order valence-corrected chi connectivity index (χ1v) is 48.2. The first-order valence-electron chi connectivity index (χ1n) is 47.4. The van der Waals surface area contributed by atoms with Crippen LogP contribution >= 0.6 is 15.9 Å². The lowest BCUT2D eigenvalue weighted by molar-refractivity contribution is 0.434. The van der Waals surface area contributed by atoms with Crippen molar-refractivity contribution < 1.29 is 9.47 Å². The number of ether oxygens (including phenoxy) is 2. The van der Waals surface area contributed by atoms with Crippen LogP contribution in [-0.4, -0.2) is 18.7 Å². The Morgan fingerprint density at radius 2 is 0.594 bits per heavy atom. The third-order valence-corrected chi connectivity index (χ3v) is 31.2. The highest BCUT2D eigenvalue weighted by Gasteiger charge is 2.53. The lowest BCUT2D eigenvalue weighted by Crippen LogP contribution is -2.37. The van der Waals surface area contributed by atoms with Crippen molar-refractivity contribution >= 4 is 137 Å². The number of nitrogens with zero attached hydrogens (tertiary/aromatic N) is 5. The number of aromatic nitrogens is 4. The molecule has 2 atom stereocenters. The fourth-order valence-corrected chi connectivity index (χ4v) is 25.0. The number of rotatable bonds is 7. The van der Waals surface area contributed by atoms with Crippen LogP contribution in [0, 0.1) is 0 Å². The van der Waals surface area contributed by atoms with Crippen molar-refractivity contribution in [1.82, 2.24) is 18.7 Å². The van der Waals surface area contributed by atoms with Crippen molar-refractivity contribution in [2.24, 2.45) is 0 Å². The van der Waals surface area contributed by atoms with E-state index < -0.39 is 10.8 Å². The Kier molecular flexibility index (Phi) is 17.8. The van der Waals surface area contributed by atoms with Crippen molar-refractivity contribution in [2.45, 2.75) is 56.8 Å². The second-order valence-electron chi connectivity index (χ2n) is 38.3. The minimum Gasteiger partial charge on any atom is -0.457 e. The number of fused-ring (bicyclic) bond motifs is 34. The molecule has 138 heavy (non-hydrogen) atoms. The van der Waals surface area contributed by atoms with E-state index in [-0.39, 0.29) is 18.3 Å². The van der Waals surface area contributed by atoms with Crippen LogP contribution in [0.15, 0.2) is 453 Å². The summed E-state index contributed by atoms with van der Waals surface area (Å²) >= 11 is 3.56. The first-order chi connectivity index (χ1) is 67.4. The van der Waals surface area contributed by atoms with E-state index in [1.807, 2.05) is 0 Å². The van der Waals surface area contributed by atoms with Gasteiger partial charge in [0.2, 0.25) is 0 Å². The molecule has 1 N–H and O–H groups in total. The van der Waals surface area contributed by atoms with Gasteiger partial charge < -0.3 is 38.0 Å². The molecule has 0 bridgehead atoms. The Morgan fingerprint density at radius 3 is 1.10 bits per heavy atom. The van der Waals surface area contributed by atoms with Gasteiger partial charge in [-0.05, 0) is 224 Å². The van der Waals surface area contributed by atoms with Gasteiger partial charge in [-0.3, -0.25) is 0 Å². The van der Waals surface area contributed by atoms with Crippen LogP contribution in [0.25, 0.3) is 127 Å². The third-order valence-electron chi connectivity index (χ3n) is 30.6. The molecule has 0 amide bonds. The summed E-state index contributed by atoms with van der Waals surface area (Å²) in [7, 11) is 0. The van der Waals surface area contributed by atoms with Gasteiger partial charge in [-0.25, -0.2) is 0 Å². The molecule has 4 aromatic heterocycles. The predicted octanol–water partition coefficient (Wildman–Crippen LogP) is 34.5. The maximum atomic E-state index is 7.15. The van der Waals surface area contributed by atoms with Crippen molar-refractivity contribution in [3.05, 3.63) is 520 Å². The van der Waals surface area contributed by atoms with Crippen LogP contribution in [0.4, 0.5) is 34.1 Å². The van der Waals surface area contributed by atoms with E-state index in [1.165, 1.54) is 160 Å². The van der Waals surface area contributed by atoms with E-state index >= 15 is 0 Å². The number of halogens is 1. The van der Waals surface area contributed by atoms with E-state index in [4.69, 9.17) is 9.47 Å². The average molecular weight is 1840 g/mol. The predicted molar refractivity (Wildman–Crippen MR) is 575 cm³/mol. The zero-order chi connectivity index (χ0) is 90.9. The Labute approximate surface area is 808 Å². The SMILES string of the molecule is C.CC1(C)c2ccccc2-c2ccc(N(c3ccccc3)c3ccc(-n4c5ccccc5c5cc6c(cc54)Oc4ccccc4C64c5ccccc5-n5c6ccccc6c6cccc4c65)cc3)cc21.CC1(C)c2ccccc2-c2ccc(N(c3ccccc3)c3ccc(Br)cc3)cc21.c1ccc2c(c1)Oc1cc3[nH]c4ccccc4c3cc1C21c2ccccc2-n2c3ccccc3c3cccc1c32. The summed E-state index contributed by atoms with van der Waals surface area (Å²) in [5.41, 5.74) is 39.1. The lowest BCUT2D eigenvalue weighted by atomic mass is 9.61. The Balaban J connectivity index is 0.000000116. The average Bonchev–Trinajstić information content (AvgIpc) is 1.40. The quantitative estimate of drug-likeness (QED) is 0.173. The number of hydrogen-bond acceptors (Lipinski definition) is 4. The van der Waals surface area contributed by atoms with Gasteiger partial charge in [0, 0.05) is 138 Å². The molecule has 4 aliphatic heterocycles. The summed E-state index contributed by atoms with van der Waals surface area (Å²) in [5, 5.41) is 9.91. The first kappa shape index (κ1) is 80.9. The van der Waals surface area contributed by atoms with Crippen molar-refractivity contribution in [1.29, 1.82) is 0 Å². The number of benzene rings is 20. The summed E-state index contributed by atoms with van der Waals surface area (Å²) in [4.78, 5) is 8.34. The van der Waals surface area contributed by atoms with Gasteiger partial charge in [0.05, 0.1) is 60.8 Å². The Hall–Kier alpha value is -16.7. The summed E-state index contributed by atoms with van der Waals surface area (Å²) < 4.78 is 22.4. The second-order valence-corrected chi connectivity index (χ2v) is 39.2. The maximum absolute atomic E-state index is 7.15. The van der Waals surface area contributed by atoms with Crippen LogP contribution in [-0.2, 0) is 21.7 Å². The van der Waals surface area contributed by atoms with Gasteiger partial charge in [0.25, 0.3) is 0 Å². The van der Waals surface area contributed by atoms with Crippen LogP contribution in [0.2, 0.25) is 0 Å². The van der Waals surface area contributed by atoms with Crippen molar-refractivity contribution in [3.63, 3.8) is 0 Å². The Bertz CT molecular complexity index is 9210. The van der Waals surface area contributed by atoms with Gasteiger partial charge in [-0.2, -0.15) is 0 Å². The standard InChI is InChI=1S/C64H43N3O.C37H22N2O.C27H22BrN.CH4/c1-63(2)50-23-9-6-19-44(50)45-36-35-43(37-54(45)63)65(40-17-4-3-5-18-40)41-31-33-42(34-32-41)66-56-27-12-8-21-47(56)49-38-55-61(39-59(49)66)68-60-30-15-11-25-52(60)64(55)51-24-10-14-29-58(51)67-57-28-13-7-20-46(57)48-22-16-26-53(64)62(48)67;1-5-16-30-22(10-1)25-20-29-35(21-31(25)38-30)40-34-19-8-4-14-27(34)37(29)26-13-3-7-18-33(26)39-32-17-6-2-11-23(32)24-12-9-15-28(37)36(24)39;1-27(2)25-11-7-6-10-23(25)24-17-16-22(18-26(24)27)29(20-8-4-3-5-9-20)21-14-12-19(28)13-15-21;/h3-39H,1-2H3;1-21,38H;3-18H,1-2H3;1H4. The molecule has 8 heterocycles. The van der Waals surface area contributed by atoms with Crippen molar-refractivity contribution in [3.8, 4) is 62.3 Å². The summed E-state index contributed by atoms with van der Waals surface area (Å²) in [5.74, 6) is 3.55. The molecule has 2 aliphatic carbocycles. The van der Waals surface area contributed by atoms with E-state index in [2.05, 4.69) is 521 Å². The highest BCUT2D eigenvalue weighted by atomic mass is 79.9. The molecule has 8 nitrogen and oxygen atoms in total. The largest absolute Gasteiger partial charge is 0.457 e. The minimum atomic E-state index is -0.653. The molecule has 0 saturated heterocycles. The minimum absolute atomic E-state index is 0. The number of hydrogen-bond donors (Lipinski definition) is 1. The molecule has 24 aromatic rings. The van der Waals surface area contributed by atoms with Crippen LogP contribution < -0.4 is 19.3 Å². The van der Waals surface area contributed by atoms with Gasteiger partial charge in [-0.15, -0.1) is 0 Å². The molecule has 6 aliphatic rings. The second kappa shape index (κ2) is 30.4. The van der Waals surface area contributed by atoms with Crippen LogP contribution in [0.5, 0.6) is 23.0 Å². The molecule has 0 saturated carbocycles. The lowest BCUT2D eigenvalue weighted by Gasteiger charge is -2.45. The summed E-state index contributed by atoms with van der Waals surface area (Å²) in [6, 6.07) is 164. The number of aromatic amines is 1. The highest BCUT2D eigenvalue weighted by Crippen LogP contribution is 2.65. The molecule has 2 spiro atoms. The maximum Gasteiger partial charge on any atom is 0.134 e. The van der Waals surface area contributed by atoms with E-state index in [9.17, 15) is 0 Å². The summed E-state index contributed by atoms with van der Waals surface area (Å²) in [6.45, 7) is 9.36. The third kappa shape index (κ3) is 11.4. The normalized spacial score (nSPS) is 15.5. The van der Waals surface area contributed by atoms with E-state index in [0.29, 0.717) is 0 Å². The van der Waals surface area contributed by atoms with Gasteiger partial charge >= 0.3 is 0 Å². The fraction of sp³-hybridized carbons (Fsp3) is 0.0698. The molecule has 0 fully saturated rings. The smallest absolute Gasteiger partial charge is 0.134 e. The van der Waals surface area contributed by atoms with Gasteiger partial charge in [-0.1, -0.05) is 330 Å². The number of anilines is 6.